The molecule has 0 saturated heterocycles. The Hall–Kier alpha value is -1.57. The van der Waals surface area contributed by atoms with Crippen LogP contribution in [0, 0.1) is 5.92 Å². The first-order valence-corrected chi connectivity index (χ1v) is 7.71. The van der Waals surface area contributed by atoms with Gasteiger partial charge in [-0.05, 0) is 49.2 Å². The molecule has 2 aliphatic rings. The Kier molecular flexibility index (Phi) is 3.90. The van der Waals surface area contributed by atoms with Gasteiger partial charge in [0.1, 0.15) is 5.76 Å². The van der Waals surface area contributed by atoms with Crippen molar-refractivity contribution in [2.24, 2.45) is 5.92 Å². The van der Waals surface area contributed by atoms with Gasteiger partial charge in [0.15, 0.2) is 0 Å². The van der Waals surface area contributed by atoms with Gasteiger partial charge in [-0.3, -0.25) is 4.79 Å². The summed E-state index contributed by atoms with van der Waals surface area (Å²) >= 11 is 0. The number of ether oxygens (including phenoxy) is 1. The third kappa shape index (κ3) is 2.95. The van der Waals surface area contributed by atoms with Crippen LogP contribution in [0.25, 0.3) is 0 Å². The minimum atomic E-state index is -0.170. The quantitative estimate of drug-likeness (QED) is 0.594. The molecule has 0 aliphatic heterocycles. The Morgan fingerprint density at radius 3 is 2.45 bits per heavy atom. The van der Waals surface area contributed by atoms with Crippen molar-refractivity contribution < 1.29 is 9.53 Å². The highest BCUT2D eigenvalue weighted by Gasteiger charge is 2.43. The van der Waals surface area contributed by atoms with Gasteiger partial charge in [0.25, 0.3) is 0 Å². The van der Waals surface area contributed by atoms with Crippen molar-refractivity contribution in [3.8, 4) is 0 Å². The van der Waals surface area contributed by atoms with Crippen molar-refractivity contribution in [1.29, 1.82) is 0 Å². The summed E-state index contributed by atoms with van der Waals surface area (Å²) in [4.78, 5) is 11.4. The van der Waals surface area contributed by atoms with Gasteiger partial charge < -0.3 is 4.74 Å². The lowest BCUT2D eigenvalue weighted by Gasteiger charge is -2.19. The second-order valence-corrected chi connectivity index (χ2v) is 5.98. The Balaban J connectivity index is 1.79. The van der Waals surface area contributed by atoms with E-state index < -0.39 is 0 Å². The maximum absolute atomic E-state index is 11.4. The molecule has 2 aliphatic carbocycles. The molecular formula is C18H22O2. The van der Waals surface area contributed by atoms with Crippen LogP contribution in [0.2, 0.25) is 0 Å². The number of rotatable bonds is 3. The molecule has 1 aromatic carbocycles. The molecule has 0 heterocycles. The van der Waals surface area contributed by atoms with Crippen LogP contribution in [0.3, 0.4) is 0 Å². The molecule has 0 spiro atoms. The van der Waals surface area contributed by atoms with Crippen LogP contribution in [-0.4, -0.2) is 5.97 Å². The fourth-order valence-electron chi connectivity index (χ4n) is 3.34. The Labute approximate surface area is 120 Å². The number of esters is 1. The largest absolute Gasteiger partial charge is 0.431 e. The fourth-order valence-corrected chi connectivity index (χ4v) is 3.34. The van der Waals surface area contributed by atoms with Crippen LogP contribution in [0.4, 0.5) is 0 Å². The number of benzene rings is 1. The van der Waals surface area contributed by atoms with E-state index in [9.17, 15) is 4.79 Å². The van der Waals surface area contributed by atoms with E-state index in [1.165, 1.54) is 37.3 Å². The highest BCUT2D eigenvalue weighted by Crippen LogP contribution is 2.53. The molecule has 3 rings (SSSR count). The van der Waals surface area contributed by atoms with Crippen LogP contribution in [0.5, 0.6) is 0 Å². The SMILES string of the molecule is CC(=O)OC(=C1CCCCC1)[C@H]1C[C@H]1c1ccccc1. The molecule has 2 atom stereocenters. The first-order chi connectivity index (χ1) is 9.75. The summed E-state index contributed by atoms with van der Waals surface area (Å²) in [6.07, 6.45) is 7.13. The molecule has 2 saturated carbocycles. The van der Waals surface area contributed by atoms with Gasteiger partial charge in [-0.25, -0.2) is 0 Å². The van der Waals surface area contributed by atoms with Crippen molar-refractivity contribution in [3.05, 3.63) is 47.2 Å². The molecule has 2 fully saturated rings. The van der Waals surface area contributed by atoms with Crippen molar-refractivity contribution in [3.63, 3.8) is 0 Å². The van der Waals surface area contributed by atoms with E-state index in [2.05, 4.69) is 24.3 Å². The van der Waals surface area contributed by atoms with E-state index in [1.807, 2.05) is 6.07 Å². The van der Waals surface area contributed by atoms with Gasteiger partial charge in [0.2, 0.25) is 0 Å². The summed E-state index contributed by atoms with van der Waals surface area (Å²) < 4.78 is 5.61. The predicted molar refractivity (Wildman–Crippen MR) is 79.2 cm³/mol. The topological polar surface area (TPSA) is 26.3 Å². The zero-order chi connectivity index (χ0) is 13.9. The first-order valence-electron chi connectivity index (χ1n) is 7.71. The van der Waals surface area contributed by atoms with Crippen molar-refractivity contribution in [2.75, 3.05) is 0 Å². The highest BCUT2D eigenvalue weighted by molar-refractivity contribution is 5.67. The molecular weight excluding hydrogens is 248 g/mol. The van der Waals surface area contributed by atoms with Crippen molar-refractivity contribution in [2.45, 2.75) is 51.4 Å². The maximum atomic E-state index is 11.4. The van der Waals surface area contributed by atoms with Crippen LogP contribution < -0.4 is 0 Å². The molecule has 106 valence electrons. The summed E-state index contributed by atoms with van der Waals surface area (Å²) in [5, 5.41) is 0. The van der Waals surface area contributed by atoms with Gasteiger partial charge in [-0.15, -0.1) is 0 Å². The highest BCUT2D eigenvalue weighted by atomic mass is 16.5. The van der Waals surface area contributed by atoms with Gasteiger partial charge in [0, 0.05) is 12.8 Å². The lowest BCUT2D eigenvalue weighted by atomic mass is 9.92. The molecule has 2 nitrogen and oxygen atoms in total. The molecule has 0 aromatic heterocycles. The monoisotopic (exact) mass is 270 g/mol. The number of allylic oxidation sites excluding steroid dienone is 2. The predicted octanol–water partition coefficient (Wildman–Crippen LogP) is 4.57. The third-order valence-electron chi connectivity index (χ3n) is 4.41. The summed E-state index contributed by atoms with van der Waals surface area (Å²) in [5.41, 5.74) is 2.77. The summed E-state index contributed by atoms with van der Waals surface area (Å²) in [6, 6.07) is 10.6. The summed E-state index contributed by atoms with van der Waals surface area (Å²) in [6.45, 7) is 1.52. The Morgan fingerprint density at radius 1 is 1.10 bits per heavy atom. The smallest absolute Gasteiger partial charge is 0.307 e. The van der Waals surface area contributed by atoms with Crippen molar-refractivity contribution >= 4 is 5.97 Å². The standard InChI is InChI=1S/C18H22O2/c1-13(19)20-18(15-10-6-3-7-11-15)17-12-16(17)14-8-4-2-5-9-14/h2,4-5,8-9,16-17H,3,6-7,10-12H2,1H3/t16-,17-/m0/s1. The number of carbonyl (C=O) groups is 1. The average Bonchev–Trinajstić information content (AvgIpc) is 3.27. The number of hydrogen-bond acceptors (Lipinski definition) is 2. The minimum Gasteiger partial charge on any atom is -0.431 e. The lowest BCUT2D eigenvalue weighted by Crippen LogP contribution is -2.08. The summed E-state index contributed by atoms with van der Waals surface area (Å²) in [5.74, 6) is 1.80. The normalized spacial score (nSPS) is 25.1. The van der Waals surface area contributed by atoms with Crippen molar-refractivity contribution in [1.82, 2.24) is 0 Å². The van der Waals surface area contributed by atoms with E-state index in [4.69, 9.17) is 4.74 Å². The first kappa shape index (κ1) is 13.4. The summed E-state index contributed by atoms with van der Waals surface area (Å²) in [7, 11) is 0. The van der Waals surface area contributed by atoms with Gasteiger partial charge in [-0.2, -0.15) is 0 Å². The second kappa shape index (κ2) is 5.82. The lowest BCUT2D eigenvalue weighted by molar-refractivity contribution is -0.137. The van der Waals surface area contributed by atoms with E-state index in [0.717, 1.165) is 25.0 Å². The van der Waals surface area contributed by atoms with E-state index >= 15 is 0 Å². The third-order valence-corrected chi connectivity index (χ3v) is 4.41. The van der Waals surface area contributed by atoms with E-state index in [0.29, 0.717) is 11.8 Å². The number of hydrogen-bond donors (Lipinski definition) is 0. The molecule has 20 heavy (non-hydrogen) atoms. The number of carbonyl (C=O) groups excluding carboxylic acids is 1. The van der Waals surface area contributed by atoms with Crippen LogP contribution in [0.15, 0.2) is 41.7 Å². The Bertz CT molecular complexity index is 507. The van der Waals surface area contributed by atoms with Crippen LogP contribution in [-0.2, 0) is 9.53 Å². The molecule has 0 radical (unpaired) electrons. The molecule has 0 N–H and O–H groups in total. The van der Waals surface area contributed by atoms with Gasteiger partial charge in [-0.1, -0.05) is 36.8 Å². The zero-order valence-corrected chi connectivity index (χ0v) is 12.1. The average molecular weight is 270 g/mol. The Morgan fingerprint density at radius 2 is 1.80 bits per heavy atom. The van der Waals surface area contributed by atoms with E-state index in [1.54, 1.807) is 0 Å². The van der Waals surface area contributed by atoms with Crippen LogP contribution in [0.1, 0.15) is 56.9 Å². The molecule has 0 bridgehead atoms. The van der Waals surface area contributed by atoms with Gasteiger partial charge >= 0.3 is 5.97 Å². The zero-order valence-electron chi connectivity index (χ0n) is 12.1. The molecule has 0 amide bonds. The minimum absolute atomic E-state index is 0.170. The molecule has 2 heteroatoms. The molecule has 0 unspecified atom stereocenters. The maximum Gasteiger partial charge on any atom is 0.307 e. The van der Waals surface area contributed by atoms with Crippen LogP contribution >= 0.6 is 0 Å². The fraction of sp³-hybridized carbons (Fsp3) is 0.500. The van der Waals surface area contributed by atoms with Gasteiger partial charge in [0.05, 0.1) is 0 Å². The van der Waals surface area contributed by atoms with E-state index in [-0.39, 0.29) is 5.97 Å². The second-order valence-electron chi connectivity index (χ2n) is 5.98. The molecule has 1 aromatic rings.